The summed E-state index contributed by atoms with van der Waals surface area (Å²) in [6.45, 7) is 1.17. The van der Waals surface area contributed by atoms with E-state index in [0.29, 0.717) is 0 Å². The zero-order valence-electron chi connectivity index (χ0n) is 5.78. The Morgan fingerprint density at radius 1 is 1.18 bits per heavy atom. The molecule has 0 spiro atoms. The van der Waals surface area contributed by atoms with E-state index < -0.39 is 16.9 Å². The molecule has 0 saturated heterocycles. The Labute approximate surface area is 62.1 Å². The van der Waals surface area contributed by atoms with Crippen molar-refractivity contribution in [2.75, 3.05) is 6.61 Å². The molecule has 1 atom stereocenters. The van der Waals surface area contributed by atoms with E-state index in [1.807, 2.05) is 0 Å². The molecular formula is C3H10N2O6. The number of hydrogen-bond donors (Lipinski definition) is 4. The van der Waals surface area contributed by atoms with Crippen LogP contribution in [-0.4, -0.2) is 44.3 Å². The van der Waals surface area contributed by atoms with E-state index in [0.717, 1.165) is 0 Å². The summed E-state index contributed by atoms with van der Waals surface area (Å²) < 4.78 is 0. The molecule has 0 rings (SSSR count). The molecule has 68 valence electrons. The topological polar surface area (TPSA) is 106 Å². The van der Waals surface area contributed by atoms with Gasteiger partial charge in [0.05, 0.1) is 10.8 Å². The van der Waals surface area contributed by atoms with Crippen molar-refractivity contribution in [2.45, 2.75) is 13.0 Å². The molecule has 1 unspecified atom stereocenters. The van der Waals surface area contributed by atoms with Crippen LogP contribution >= 0.6 is 0 Å². The molecule has 0 fully saturated rings. The lowest BCUT2D eigenvalue weighted by atomic mass is 10.5. The molecule has 0 aliphatic heterocycles. The van der Waals surface area contributed by atoms with Crippen molar-refractivity contribution < 1.29 is 30.5 Å². The summed E-state index contributed by atoms with van der Waals surface area (Å²) in [6.07, 6.45) is -0.730. The van der Waals surface area contributed by atoms with Crippen LogP contribution in [0.1, 0.15) is 6.92 Å². The van der Waals surface area contributed by atoms with Gasteiger partial charge in [-0.15, -0.1) is 0 Å². The number of nitrogens with zero attached hydrogens (tertiary/aromatic N) is 2. The minimum absolute atomic E-state index is 0.245. The smallest absolute Gasteiger partial charge is 0.107 e. The summed E-state index contributed by atoms with van der Waals surface area (Å²) in [5.74, 6) is 0. The van der Waals surface area contributed by atoms with Crippen molar-refractivity contribution in [1.29, 1.82) is 0 Å². The highest BCUT2D eigenvalue weighted by molar-refractivity contribution is 4.40. The van der Waals surface area contributed by atoms with Crippen LogP contribution in [0.5, 0.6) is 0 Å². The van der Waals surface area contributed by atoms with Crippen molar-refractivity contribution in [3.8, 4) is 0 Å². The quantitative estimate of drug-likeness (QED) is 0.405. The highest BCUT2D eigenvalue weighted by Gasteiger charge is 2.07. The Kier molecular flexibility index (Phi) is 5.19. The van der Waals surface area contributed by atoms with Crippen molar-refractivity contribution in [3.63, 3.8) is 0 Å². The second-order valence-corrected chi connectivity index (χ2v) is 1.72. The van der Waals surface area contributed by atoms with Gasteiger partial charge in [0.2, 0.25) is 0 Å². The third-order valence-corrected chi connectivity index (χ3v) is 0.699. The molecular weight excluding hydrogens is 160 g/mol. The normalized spacial score (nSPS) is 14.5. The molecule has 0 aliphatic carbocycles. The van der Waals surface area contributed by atoms with Crippen LogP contribution in [0.2, 0.25) is 0 Å². The van der Waals surface area contributed by atoms with Gasteiger partial charge in [0.25, 0.3) is 0 Å². The zero-order chi connectivity index (χ0) is 8.85. The van der Waals surface area contributed by atoms with Crippen molar-refractivity contribution in [3.05, 3.63) is 0 Å². The van der Waals surface area contributed by atoms with E-state index in [4.69, 9.17) is 20.8 Å². The maximum atomic E-state index is 8.06. The van der Waals surface area contributed by atoms with Crippen LogP contribution in [0.3, 0.4) is 0 Å². The highest BCUT2D eigenvalue weighted by atomic mass is 17.1. The summed E-state index contributed by atoms with van der Waals surface area (Å²) in [7, 11) is 0. The third kappa shape index (κ3) is 7.58. The first-order valence-electron chi connectivity index (χ1n) is 2.68. The van der Waals surface area contributed by atoms with Gasteiger partial charge >= 0.3 is 0 Å². The summed E-state index contributed by atoms with van der Waals surface area (Å²) in [6, 6.07) is 0. The first kappa shape index (κ1) is 10.7. The average molecular weight is 170 g/mol. The largest absolute Gasteiger partial charge is 0.266 e. The fourth-order valence-electron chi connectivity index (χ4n) is 0.363. The number of rotatable bonds is 5. The van der Waals surface area contributed by atoms with E-state index in [1.54, 1.807) is 0 Å². The Morgan fingerprint density at radius 2 is 1.73 bits per heavy atom. The van der Waals surface area contributed by atoms with Crippen LogP contribution < -0.4 is 0 Å². The standard InChI is InChI=1S/C3H10N2O6/c1-3(11-5(8)9)2-10-4(6)7/h3,6-9H,2H2,1H3. The van der Waals surface area contributed by atoms with Crippen LogP contribution in [0.15, 0.2) is 0 Å². The van der Waals surface area contributed by atoms with Gasteiger partial charge in [0.15, 0.2) is 0 Å². The fourth-order valence-corrected chi connectivity index (χ4v) is 0.363. The van der Waals surface area contributed by atoms with Gasteiger partial charge in [0, 0.05) is 0 Å². The van der Waals surface area contributed by atoms with Crippen molar-refractivity contribution in [1.82, 2.24) is 10.8 Å². The highest BCUT2D eigenvalue weighted by Crippen LogP contribution is 1.93. The first-order chi connectivity index (χ1) is 5.02. The van der Waals surface area contributed by atoms with Crippen LogP contribution in [-0.2, 0) is 9.68 Å². The van der Waals surface area contributed by atoms with E-state index in [1.165, 1.54) is 6.92 Å². The Morgan fingerprint density at radius 3 is 2.09 bits per heavy atom. The van der Waals surface area contributed by atoms with Gasteiger partial charge in [-0.1, -0.05) is 0 Å². The van der Waals surface area contributed by atoms with E-state index >= 15 is 0 Å². The van der Waals surface area contributed by atoms with Crippen LogP contribution in [0, 0.1) is 0 Å². The molecule has 0 aromatic carbocycles. The summed E-state index contributed by atoms with van der Waals surface area (Å²) >= 11 is 0. The molecule has 0 amide bonds. The van der Waals surface area contributed by atoms with E-state index in [-0.39, 0.29) is 6.61 Å². The number of hydrogen-bond acceptors (Lipinski definition) is 8. The van der Waals surface area contributed by atoms with Crippen molar-refractivity contribution >= 4 is 0 Å². The SMILES string of the molecule is CC(CON(O)O)ON(O)O. The summed E-state index contributed by atoms with van der Waals surface area (Å²) in [4.78, 5) is 8.25. The summed E-state index contributed by atoms with van der Waals surface area (Å²) in [5, 5.41) is 31.1. The summed E-state index contributed by atoms with van der Waals surface area (Å²) in [5.41, 5.74) is 0. The monoisotopic (exact) mass is 170 g/mol. The first-order valence-corrected chi connectivity index (χ1v) is 2.68. The maximum Gasteiger partial charge on any atom is 0.107 e. The Hall–Kier alpha value is -0.320. The molecule has 0 aliphatic rings. The molecule has 0 radical (unpaired) electrons. The Bertz CT molecular complexity index is 97.8. The van der Waals surface area contributed by atoms with Crippen molar-refractivity contribution in [2.24, 2.45) is 0 Å². The van der Waals surface area contributed by atoms with E-state index in [9.17, 15) is 0 Å². The fraction of sp³-hybridized carbons (Fsp3) is 1.00. The molecule has 0 heterocycles. The third-order valence-electron chi connectivity index (χ3n) is 0.699. The average Bonchev–Trinajstić information content (AvgIpc) is 1.82. The van der Waals surface area contributed by atoms with Gasteiger partial charge < -0.3 is 0 Å². The lowest BCUT2D eigenvalue weighted by molar-refractivity contribution is -0.525. The van der Waals surface area contributed by atoms with Gasteiger partial charge in [-0.2, -0.15) is 0 Å². The van der Waals surface area contributed by atoms with Gasteiger partial charge in [-0.05, 0) is 6.92 Å². The Balaban J connectivity index is 3.29. The van der Waals surface area contributed by atoms with Gasteiger partial charge in [-0.3, -0.25) is 20.8 Å². The molecule has 0 aromatic heterocycles. The van der Waals surface area contributed by atoms with Crippen LogP contribution in [0.25, 0.3) is 0 Å². The molecule has 11 heavy (non-hydrogen) atoms. The molecule has 0 saturated carbocycles. The predicted molar refractivity (Wildman–Crippen MR) is 27.3 cm³/mol. The molecule has 0 bridgehead atoms. The maximum absolute atomic E-state index is 8.06. The second kappa shape index (κ2) is 5.35. The predicted octanol–water partition coefficient (Wildman–Crippen LogP) is -0.601. The van der Waals surface area contributed by atoms with Crippen LogP contribution in [0.4, 0.5) is 0 Å². The lowest BCUT2D eigenvalue weighted by Crippen LogP contribution is -2.28. The minimum Gasteiger partial charge on any atom is -0.266 e. The van der Waals surface area contributed by atoms with Gasteiger partial charge in [0.1, 0.15) is 12.7 Å². The lowest BCUT2D eigenvalue weighted by Gasteiger charge is -2.14. The van der Waals surface area contributed by atoms with E-state index in [2.05, 4.69) is 9.68 Å². The minimum atomic E-state index is -0.730. The zero-order valence-corrected chi connectivity index (χ0v) is 5.78. The second-order valence-electron chi connectivity index (χ2n) is 1.72. The van der Waals surface area contributed by atoms with Gasteiger partial charge in [-0.25, -0.2) is 9.68 Å². The molecule has 8 nitrogen and oxygen atoms in total. The molecule has 4 N–H and O–H groups in total. The molecule has 0 aromatic rings. The molecule has 8 heteroatoms.